The fraction of sp³-hybridized carbons (Fsp3) is 0.405. The first-order chi connectivity index (χ1) is 22.5. The number of nitrogens with zero attached hydrogens (tertiary/aromatic N) is 5. The molecule has 0 spiro atoms. The molecule has 2 aromatic carbocycles. The molecule has 0 radical (unpaired) electrons. The molecule has 236 valence electrons. The minimum atomic E-state index is -0.147. The van der Waals surface area contributed by atoms with Gasteiger partial charge >= 0.3 is 0 Å². The zero-order valence-electron chi connectivity index (χ0n) is 26.4. The van der Waals surface area contributed by atoms with E-state index in [0.717, 1.165) is 58.9 Å². The zero-order chi connectivity index (χ0) is 31.3. The highest BCUT2D eigenvalue weighted by atomic mass is 32.1. The molecule has 4 aliphatic carbocycles. The maximum absolute atomic E-state index is 13.6. The minimum absolute atomic E-state index is 0.0970. The highest BCUT2D eigenvalue weighted by Crippen LogP contribution is 2.61. The Morgan fingerprint density at radius 1 is 0.978 bits per heavy atom. The van der Waals surface area contributed by atoms with E-state index in [4.69, 9.17) is 14.6 Å². The van der Waals surface area contributed by atoms with Crippen LogP contribution in [0.5, 0.6) is 11.5 Å². The number of rotatable bonds is 10. The van der Waals surface area contributed by atoms with E-state index in [1.807, 2.05) is 59.3 Å². The molecule has 3 aromatic heterocycles. The van der Waals surface area contributed by atoms with Crippen molar-refractivity contribution in [3.8, 4) is 17.2 Å². The summed E-state index contributed by atoms with van der Waals surface area (Å²) in [5.74, 6) is 4.31. The Bertz CT molecular complexity index is 1990. The molecule has 0 unspecified atom stereocenters. The number of hydrogen-bond donors (Lipinski definition) is 0. The van der Waals surface area contributed by atoms with Crippen LogP contribution in [0.25, 0.3) is 28.9 Å². The second-order valence-electron chi connectivity index (χ2n) is 13.4. The van der Waals surface area contributed by atoms with E-state index in [0.29, 0.717) is 27.7 Å². The Hall–Kier alpha value is -4.24. The molecule has 3 heterocycles. The van der Waals surface area contributed by atoms with Gasteiger partial charge in [-0.1, -0.05) is 55.0 Å². The Balaban J connectivity index is 1.11. The number of fused-ring (bicyclic) bond motifs is 1. The fourth-order valence-electron chi connectivity index (χ4n) is 8.48. The Morgan fingerprint density at radius 3 is 2.43 bits per heavy atom. The second kappa shape index (κ2) is 11.8. The van der Waals surface area contributed by atoms with Gasteiger partial charge in [0.1, 0.15) is 0 Å². The molecule has 0 N–H and O–H groups in total. The summed E-state index contributed by atoms with van der Waals surface area (Å²) in [4.78, 5) is 18.9. The highest BCUT2D eigenvalue weighted by Gasteiger charge is 2.53. The van der Waals surface area contributed by atoms with Crippen LogP contribution >= 0.6 is 11.3 Å². The van der Waals surface area contributed by atoms with Gasteiger partial charge in [-0.15, -0.1) is 5.10 Å². The summed E-state index contributed by atoms with van der Waals surface area (Å²) < 4.78 is 15.5. The standard InChI is InChI=1S/C37H39N5O3S/c1-3-4-14-45-30-12-10-24(18-31(30)44-2)11-13-33-38-36-42(39-33)35(43)32(46-36)19-28-23-41(29-8-6-5-7-9-29)40-34(28)37-20-25-15-26(21-37)17-27(16-25)22-37/h5-13,18-19,23,25-27H,3-4,14-17,20-22H2,1-2H3/b13-11+,32-19-. The first-order valence-electron chi connectivity index (χ1n) is 16.6. The van der Waals surface area contributed by atoms with Gasteiger partial charge in [0.15, 0.2) is 17.3 Å². The molecule has 0 atom stereocenters. The summed E-state index contributed by atoms with van der Waals surface area (Å²) in [5.41, 5.74) is 4.12. The summed E-state index contributed by atoms with van der Waals surface area (Å²) >= 11 is 1.38. The quantitative estimate of drug-likeness (QED) is 0.159. The lowest BCUT2D eigenvalue weighted by Crippen LogP contribution is -2.49. The van der Waals surface area contributed by atoms with Gasteiger partial charge < -0.3 is 9.47 Å². The molecule has 0 aliphatic heterocycles. The lowest BCUT2D eigenvalue weighted by Gasteiger charge is -2.56. The molecule has 4 saturated carbocycles. The molecule has 0 amide bonds. The third-order valence-electron chi connectivity index (χ3n) is 10.2. The zero-order valence-corrected chi connectivity index (χ0v) is 27.2. The minimum Gasteiger partial charge on any atom is -0.493 e. The van der Waals surface area contributed by atoms with Crippen LogP contribution in [0, 0.1) is 17.8 Å². The van der Waals surface area contributed by atoms with Gasteiger partial charge in [-0.05, 0) is 105 Å². The molecule has 4 aliphatic rings. The lowest BCUT2D eigenvalue weighted by molar-refractivity contribution is -0.00743. The van der Waals surface area contributed by atoms with Crippen LogP contribution in [0.3, 0.4) is 0 Å². The highest BCUT2D eigenvalue weighted by molar-refractivity contribution is 7.15. The number of hydrogen-bond acceptors (Lipinski definition) is 7. The van der Waals surface area contributed by atoms with Crippen molar-refractivity contribution in [2.75, 3.05) is 13.7 Å². The average Bonchev–Trinajstić information content (AvgIpc) is 3.75. The van der Waals surface area contributed by atoms with E-state index < -0.39 is 0 Å². The van der Waals surface area contributed by atoms with Crippen molar-refractivity contribution in [2.45, 2.75) is 63.7 Å². The molecule has 46 heavy (non-hydrogen) atoms. The molecule has 0 saturated heterocycles. The predicted molar refractivity (Wildman–Crippen MR) is 182 cm³/mol. The van der Waals surface area contributed by atoms with Crippen molar-refractivity contribution in [3.05, 3.63) is 92.3 Å². The van der Waals surface area contributed by atoms with E-state index in [2.05, 4.69) is 35.3 Å². The van der Waals surface area contributed by atoms with Gasteiger partial charge in [0.2, 0.25) is 4.96 Å². The Kier molecular flexibility index (Phi) is 7.51. The van der Waals surface area contributed by atoms with Crippen LogP contribution in [0.1, 0.15) is 80.9 Å². The molecule has 9 heteroatoms. The van der Waals surface area contributed by atoms with E-state index in [1.165, 1.54) is 54.4 Å². The number of unbranched alkanes of at least 4 members (excludes halogenated alkanes) is 1. The van der Waals surface area contributed by atoms with Gasteiger partial charge in [0.05, 0.1) is 29.6 Å². The summed E-state index contributed by atoms with van der Waals surface area (Å²) in [7, 11) is 1.64. The van der Waals surface area contributed by atoms with Crippen LogP contribution in [-0.2, 0) is 5.41 Å². The first kappa shape index (κ1) is 29.2. The van der Waals surface area contributed by atoms with Crippen molar-refractivity contribution in [1.29, 1.82) is 0 Å². The Labute approximate surface area is 272 Å². The SMILES string of the molecule is CCCCOc1ccc(/C=C/c2nc3s/c(=C\c4cn(-c5ccccc5)nc4C45CC6CC(CC(C6)C4)C5)c(=O)n3n2)cc1OC. The van der Waals surface area contributed by atoms with Gasteiger partial charge in [-0.2, -0.15) is 14.6 Å². The van der Waals surface area contributed by atoms with Crippen molar-refractivity contribution in [2.24, 2.45) is 17.8 Å². The predicted octanol–water partition coefficient (Wildman–Crippen LogP) is 6.71. The maximum atomic E-state index is 13.6. The number of aromatic nitrogens is 5. The van der Waals surface area contributed by atoms with Crippen LogP contribution in [0.4, 0.5) is 0 Å². The molecule has 5 aromatic rings. The van der Waals surface area contributed by atoms with Crippen LogP contribution < -0.4 is 19.6 Å². The molecule has 4 fully saturated rings. The monoisotopic (exact) mass is 633 g/mol. The molecular formula is C37H39N5O3S. The second-order valence-corrected chi connectivity index (χ2v) is 14.4. The average molecular weight is 634 g/mol. The number of methoxy groups -OCH3 is 1. The van der Waals surface area contributed by atoms with Crippen molar-refractivity contribution in [1.82, 2.24) is 24.4 Å². The number of para-hydroxylation sites is 1. The van der Waals surface area contributed by atoms with Crippen LogP contribution in [0.2, 0.25) is 0 Å². The molecule has 9 rings (SSSR count). The van der Waals surface area contributed by atoms with Gasteiger partial charge in [-0.25, -0.2) is 4.68 Å². The fourth-order valence-corrected chi connectivity index (χ4v) is 9.39. The van der Waals surface area contributed by atoms with Crippen molar-refractivity contribution >= 4 is 34.5 Å². The first-order valence-corrected chi connectivity index (χ1v) is 17.4. The van der Waals surface area contributed by atoms with Crippen LogP contribution in [-0.4, -0.2) is 38.1 Å². The summed E-state index contributed by atoms with van der Waals surface area (Å²) in [5, 5.41) is 9.81. The normalized spacial score (nSPS) is 24.0. The summed E-state index contributed by atoms with van der Waals surface area (Å²) in [6, 6.07) is 16.1. The van der Waals surface area contributed by atoms with Gasteiger partial charge in [0.25, 0.3) is 5.56 Å². The Morgan fingerprint density at radius 2 is 1.74 bits per heavy atom. The van der Waals surface area contributed by atoms with Crippen LogP contribution in [0.15, 0.2) is 59.5 Å². The number of thiazole rings is 1. The third-order valence-corrected chi connectivity index (χ3v) is 11.1. The number of benzene rings is 2. The largest absolute Gasteiger partial charge is 0.493 e. The lowest BCUT2D eigenvalue weighted by atomic mass is 9.48. The molecule has 8 nitrogen and oxygen atoms in total. The van der Waals surface area contributed by atoms with E-state index in [-0.39, 0.29) is 11.0 Å². The molecular weight excluding hydrogens is 595 g/mol. The van der Waals surface area contributed by atoms with E-state index in [1.54, 1.807) is 7.11 Å². The molecule has 4 bridgehead atoms. The summed E-state index contributed by atoms with van der Waals surface area (Å²) in [6.07, 6.45) is 17.7. The van der Waals surface area contributed by atoms with E-state index >= 15 is 0 Å². The third kappa shape index (κ3) is 5.34. The van der Waals surface area contributed by atoms with Crippen molar-refractivity contribution in [3.63, 3.8) is 0 Å². The maximum Gasteiger partial charge on any atom is 0.291 e. The van der Waals surface area contributed by atoms with Crippen molar-refractivity contribution < 1.29 is 9.47 Å². The topological polar surface area (TPSA) is 83.5 Å². The van der Waals surface area contributed by atoms with Gasteiger partial charge in [-0.3, -0.25) is 4.79 Å². The summed E-state index contributed by atoms with van der Waals surface area (Å²) in [6.45, 7) is 2.80. The number of ether oxygens (including phenoxy) is 2. The smallest absolute Gasteiger partial charge is 0.291 e. The van der Waals surface area contributed by atoms with E-state index in [9.17, 15) is 4.79 Å². The van der Waals surface area contributed by atoms with Gasteiger partial charge in [0, 0.05) is 17.2 Å².